The number of piperazine rings is 1. The van der Waals surface area contributed by atoms with Crippen LogP contribution >= 0.6 is 15.9 Å². The Bertz CT molecular complexity index is 791. The molecule has 124 valence electrons. The first-order chi connectivity index (χ1) is 11.7. The van der Waals surface area contributed by atoms with E-state index in [0.717, 1.165) is 35.6 Å². The van der Waals surface area contributed by atoms with Crippen molar-refractivity contribution in [3.05, 3.63) is 16.7 Å². The lowest BCUT2D eigenvalue weighted by atomic mass is 10.1. The molecule has 1 aromatic heterocycles. The molecule has 0 aliphatic carbocycles. The third-order valence-corrected chi connectivity index (χ3v) is 5.62. The van der Waals surface area contributed by atoms with Gasteiger partial charge in [-0.2, -0.15) is 4.99 Å². The number of rotatable bonds is 0. The van der Waals surface area contributed by atoms with Gasteiger partial charge in [-0.1, -0.05) is 0 Å². The van der Waals surface area contributed by atoms with E-state index in [1.807, 2.05) is 11.0 Å². The summed E-state index contributed by atoms with van der Waals surface area (Å²) in [5.41, 5.74) is 0.845. The molecule has 1 amide bonds. The van der Waals surface area contributed by atoms with Crippen molar-refractivity contribution in [3.63, 3.8) is 0 Å². The van der Waals surface area contributed by atoms with E-state index in [1.165, 1.54) is 19.4 Å². The Morgan fingerprint density at radius 1 is 1.17 bits per heavy atom. The van der Waals surface area contributed by atoms with Crippen LogP contribution in [-0.2, 0) is 4.79 Å². The Morgan fingerprint density at radius 3 is 3.00 bits per heavy atom. The molecule has 5 rings (SSSR count). The lowest BCUT2D eigenvalue weighted by Crippen LogP contribution is -2.55. The van der Waals surface area contributed by atoms with Crippen molar-refractivity contribution in [3.8, 4) is 0 Å². The van der Waals surface area contributed by atoms with Gasteiger partial charge in [-0.3, -0.25) is 9.69 Å². The Hall–Kier alpha value is -1.80. The Kier molecular flexibility index (Phi) is 3.24. The lowest BCUT2D eigenvalue weighted by Gasteiger charge is -2.40. The average Bonchev–Trinajstić information content (AvgIpc) is 3.19. The van der Waals surface area contributed by atoms with Crippen molar-refractivity contribution in [1.82, 2.24) is 14.8 Å². The maximum Gasteiger partial charge on any atom is 0.267 e. The molecule has 1 aromatic rings. The maximum absolute atomic E-state index is 12.0. The van der Waals surface area contributed by atoms with Crippen LogP contribution in [0.15, 0.2) is 26.7 Å². The highest BCUT2D eigenvalue weighted by Crippen LogP contribution is 2.36. The quantitative estimate of drug-likeness (QED) is 0.672. The van der Waals surface area contributed by atoms with Crippen molar-refractivity contribution < 1.29 is 4.79 Å². The molecule has 0 saturated carbocycles. The van der Waals surface area contributed by atoms with E-state index in [2.05, 4.69) is 35.7 Å². The number of pyridine rings is 1. The molecular weight excluding hydrogens is 372 g/mol. The molecule has 1 atom stereocenters. The zero-order valence-corrected chi connectivity index (χ0v) is 14.7. The van der Waals surface area contributed by atoms with Gasteiger partial charge >= 0.3 is 0 Å². The summed E-state index contributed by atoms with van der Waals surface area (Å²) in [4.78, 5) is 32.2. The fraction of sp³-hybridized carbons (Fsp3) is 0.500. The zero-order valence-electron chi connectivity index (χ0n) is 13.2. The van der Waals surface area contributed by atoms with Crippen LogP contribution in [-0.4, -0.2) is 71.1 Å². The Morgan fingerprint density at radius 2 is 2.08 bits per heavy atom. The van der Waals surface area contributed by atoms with E-state index in [9.17, 15) is 4.79 Å². The number of fused-ring (bicyclic) bond motifs is 4. The van der Waals surface area contributed by atoms with Gasteiger partial charge in [0, 0.05) is 36.3 Å². The zero-order chi connectivity index (χ0) is 16.3. The molecule has 1 unspecified atom stereocenters. The summed E-state index contributed by atoms with van der Waals surface area (Å²) in [6.45, 7) is 4.39. The third-order valence-electron chi connectivity index (χ3n) is 5.18. The number of anilines is 1. The number of amides is 1. The minimum Gasteiger partial charge on any atom is -0.351 e. The predicted molar refractivity (Wildman–Crippen MR) is 95.0 cm³/mol. The second kappa shape index (κ2) is 5.35. The number of nitrogens with zero attached hydrogens (tertiary/aromatic N) is 6. The minimum atomic E-state index is -0.120. The summed E-state index contributed by atoms with van der Waals surface area (Å²) in [7, 11) is 0. The lowest BCUT2D eigenvalue weighted by molar-refractivity contribution is -0.115. The molecule has 2 fully saturated rings. The summed E-state index contributed by atoms with van der Waals surface area (Å²) in [6, 6.07) is 2.54. The van der Waals surface area contributed by atoms with Crippen molar-refractivity contribution in [2.24, 2.45) is 9.98 Å². The van der Waals surface area contributed by atoms with Gasteiger partial charge in [-0.25, -0.2) is 9.98 Å². The number of amidine groups is 2. The van der Waals surface area contributed by atoms with Crippen molar-refractivity contribution >= 4 is 45.0 Å². The van der Waals surface area contributed by atoms with Crippen LogP contribution in [0.1, 0.15) is 12.8 Å². The van der Waals surface area contributed by atoms with Crippen LogP contribution in [0, 0.1) is 0 Å². The molecule has 0 N–H and O–H groups in total. The van der Waals surface area contributed by atoms with E-state index >= 15 is 0 Å². The fourth-order valence-corrected chi connectivity index (χ4v) is 4.37. The van der Waals surface area contributed by atoms with Crippen LogP contribution in [0.4, 0.5) is 11.5 Å². The topological polar surface area (TPSA) is 64.4 Å². The number of aromatic nitrogens is 1. The van der Waals surface area contributed by atoms with Gasteiger partial charge in [0.05, 0.1) is 5.69 Å². The molecule has 0 aromatic carbocycles. The SMILES string of the molecule is O=C1CN2C(=N1)C(N1CCN3CCCC3C1)=Nc1ncc(Br)cc12. The number of halogens is 1. The maximum atomic E-state index is 12.0. The van der Waals surface area contributed by atoms with Crippen LogP contribution < -0.4 is 4.90 Å². The minimum absolute atomic E-state index is 0.120. The van der Waals surface area contributed by atoms with Gasteiger partial charge in [0.25, 0.3) is 5.91 Å². The van der Waals surface area contributed by atoms with Crippen LogP contribution in [0.2, 0.25) is 0 Å². The Labute approximate surface area is 148 Å². The molecule has 7 nitrogen and oxygen atoms in total. The van der Waals surface area contributed by atoms with Gasteiger partial charge in [-0.15, -0.1) is 0 Å². The molecule has 2 saturated heterocycles. The molecule has 5 heterocycles. The summed E-state index contributed by atoms with van der Waals surface area (Å²) >= 11 is 3.45. The third kappa shape index (κ3) is 2.20. The second-order valence-corrected chi connectivity index (χ2v) is 7.54. The summed E-state index contributed by atoms with van der Waals surface area (Å²) < 4.78 is 0.873. The van der Waals surface area contributed by atoms with E-state index in [-0.39, 0.29) is 12.5 Å². The number of carbonyl (C=O) groups excluding carboxylic acids is 1. The number of aliphatic imine (C=N–C) groups is 2. The highest BCUT2D eigenvalue weighted by atomic mass is 79.9. The smallest absolute Gasteiger partial charge is 0.267 e. The first-order valence-electron chi connectivity index (χ1n) is 8.32. The normalized spacial score (nSPS) is 26.0. The van der Waals surface area contributed by atoms with Gasteiger partial charge in [0.15, 0.2) is 17.5 Å². The molecule has 4 aliphatic rings. The van der Waals surface area contributed by atoms with Crippen molar-refractivity contribution in [2.45, 2.75) is 18.9 Å². The standard InChI is InChI=1S/C16H17BrN6O/c17-10-6-12-14(18-7-10)20-15(16-19-13(24)9-23(12)16)22-5-4-21-3-1-2-11(21)8-22/h6-7,11H,1-5,8-9H2. The molecule has 0 radical (unpaired) electrons. The summed E-state index contributed by atoms with van der Waals surface area (Å²) in [6.07, 6.45) is 4.25. The number of hydrogen-bond donors (Lipinski definition) is 0. The highest BCUT2D eigenvalue weighted by molar-refractivity contribution is 9.10. The first kappa shape index (κ1) is 14.5. The van der Waals surface area contributed by atoms with E-state index in [0.29, 0.717) is 17.7 Å². The monoisotopic (exact) mass is 388 g/mol. The number of carbonyl (C=O) groups is 1. The van der Waals surface area contributed by atoms with E-state index < -0.39 is 0 Å². The first-order valence-corrected chi connectivity index (χ1v) is 9.11. The molecule has 0 bridgehead atoms. The molecule has 0 spiro atoms. The summed E-state index contributed by atoms with van der Waals surface area (Å²) in [5, 5.41) is 0. The van der Waals surface area contributed by atoms with E-state index in [4.69, 9.17) is 4.99 Å². The Balaban J connectivity index is 1.55. The number of hydrogen-bond acceptors (Lipinski definition) is 6. The predicted octanol–water partition coefficient (Wildman–Crippen LogP) is 1.41. The fourth-order valence-electron chi connectivity index (χ4n) is 4.05. The molecule has 8 heteroatoms. The van der Waals surface area contributed by atoms with Crippen LogP contribution in [0.3, 0.4) is 0 Å². The van der Waals surface area contributed by atoms with Gasteiger partial charge in [0.1, 0.15) is 6.54 Å². The molecule has 4 aliphatic heterocycles. The highest BCUT2D eigenvalue weighted by Gasteiger charge is 2.39. The van der Waals surface area contributed by atoms with Gasteiger partial charge in [0.2, 0.25) is 0 Å². The van der Waals surface area contributed by atoms with Gasteiger partial charge < -0.3 is 9.80 Å². The van der Waals surface area contributed by atoms with Crippen molar-refractivity contribution in [1.29, 1.82) is 0 Å². The summed E-state index contributed by atoms with van der Waals surface area (Å²) in [5.74, 6) is 2.02. The van der Waals surface area contributed by atoms with Gasteiger partial charge in [-0.05, 0) is 41.4 Å². The average molecular weight is 389 g/mol. The van der Waals surface area contributed by atoms with Crippen LogP contribution in [0.5, 0.6) is 0 Å². The van der Waals surface area contributed by atoms with Crippen molar-refractivity contribution in [2.75, 3.05) is 37.6 Å². The van der Waals surface area contributed by atoms with Crippen LogP contribution in [0.25, 0.3) is 0 Å². The van der Waals surface area contributed by atoms with E-state index in [1.54, 1.807) is 6.20 Å². The largest absolute Gasteiger partial charge is 0.351 e. The second-order valence-electron chi connectivity index (χ2n) is 6.63. The molecular formula is C16H17BrN6O. The molecule has 24 heavy (non-hydrogen) atoms.